The Hall–Kier alpha value is 0.690. The summed E-state index contributed by atoms with van der Waals surface area (Å²) in [5.41, 5.74) is 0. The molecule has 1 aliphatic carbocycles. The normalized spacial score (nSPS) is 24.8. The number of halogens is 1. The highest BCUT2D eigenvalue weighted by molar-refractivity contribution is 14.1. The highest BCUT2D eigenvalue weighted by atomic mass is 127. The topological polar surface area (TPSA) is 12.0 Å². The SMILES string of the molecule is CC(NI)C1CCC1. The second-order valence-corrected chi connectivity index (χ2v) is 3.21. The van der Waals surface area contributed by atoms with Gasteiger partial charge >= 0.3 is 0 Å². The minimum absolute atomic E-state index is 0.740. The van der Waals surface area contributed by atoms with Crippen molar-refractivity contribution >= 4 is 22.9 Å². The van der Waals surface area contributed by atoms with Gasteiger partial charge in [-0.2, -0.15) is 0 Å². The monoisotopic (exact) mass is 225 g/mol. The third-order valence-corrected chi connectivity index (χ3v) is 3.01. The standard InChI is InChI=1S/C6H12IN/c1-5(8-7)6-3-2-4-6/h5-6,8H,2-4H2,1H3. The number of nitrogens with one attached hydrogen (secondary N) is 1. The quantitative estimate of drug-likeness (QED) is 0.560. The molecule has 0 saturated heterocycles. The Morgan fingerprint density at radius 1 is 1.62 bits per heavy atom. The Kier molecular flexibility index (Phi) is 2.56. The fraction of sp³-hybridized carbons (Fsp3) is 1.00. The van der Waals surface area contributed by atoms with E-state index in [1.165, 1.54) is 19.3 Å². The van der Waals surface area contributed by atoms with Gasteiger partial charge in [-0.1, -0.05) is 6.42 Å². The van der Waals surface area contributed by atoms with Crippen LogP contribution in [0.25, 0.3) is 0 Å². The van der Waals surface area contributed by atoms with Crippen molar-refractivity contribution < 1.29 is 0 Å². The number of hydrogen-bond acceptors (Lipinski definition) is 1. The van der Waals surface area contributed by atoms with Gasteiger partial charge in [-0.05, 0) is 25.7 Å². The van der Waals surface area contributed by atoms with Crippen molar-refractivity contribution in [3.63, 3.8) is 0 Å². The van der Waals surface area contributed by atoms with E-state index in [-0.39, 0.29) is 0 Å². The van der Waals surface area contributed by atoms with E-state index in [9.17, 15) is 0 Å². The molecule has 0 aromatic carbocycles. The average molecular weight is 225 g/mol. The number of rotatable bonds is 2. The summed E-state index contributed by atoms with van der Waals surface area (Å²) in [5, 5.41) is 0. The lowest BCUT2D eigenvalue weighted by molar-refractivity contribution is 0.267. The molecule has 0 aromatic rings. The van der Waals surface area contributed by atoms with Crippen molar-refractivity contribution in [1.82, 2.24) is 3.53 Å². The fourth-order valence-electron chi connectivity index (χ4n) is 1.03. The maximum Gasteiger partial charge on any atom is 0.0172 e. The van der Waals surface area contributed by atoms with Gasteiger partial charge in [0.2, 0.25) is 0 Å². The van der Waals surface area contributed by atoms with E-state index in [1.54, 1.807) is 0 Å². The second kappa shape index (κ2) is 3.01. The Bertz CT molecular complexity index is 68.2. The van der Waals surface area contributed by atoms with Crippen LogP contribution in [0.3, 0.4) is 0 Å². The lowest BCUT2D eigenvalue weighted by Gasteiger charge is -2.30. The van der Waals surface area contributed by atoms with Crippen molar-refractivity contribution in [1.29, 1.82) is 0 Å². The molecule has 2 heteroatoms. The summed E-state index contributed by atoms with van der Waals surface area (Å²) in [7, 11) is 0. The molecular weight excluding hydrogens is 213 g/mol. The van der Waals surface area contributed by atoms with Crippen LogP contribution < -0.4 is 3.53 Å². The Morgan fingerprint density at radius 3 is 2.38 bits per heavy atom. The lowest BCUT2D eigenvalue weighted by Crippen LogP contribution is -2.31. The zero-order valence-electron chi connectivity index (χ0n) is 5.15. The van der Waals surface area contributed by atoms with Gasteiger partial charge in [-0.25, -0.2) is 0 Å². The van der Waals surface area contributed by atoms with Crippen LogP contribution in [0.1, 0.15) is 26.2 Å². The van der Waals surface area contributed by atoms with Crippen LogP contribution in [0.15, 0.2) is 0 Å². The van der Waals surface area contributed by atoms with E-state index < -0.39 is 0 Å². The summed E-state index contributed by atoms with van der Waals surface area (Å²) in [6.07, 6.45) is 4.33. The molecule has 0 aliphatic heterocycles. The molecule has 48 valence electrons. The Morgan fingerprint density at radius 2 is 2.25 bits per heavy atom. The first-order valence-corrected chi connectivity index (χ1v) is 4.28. The average Bonchev–Trinajstić information content (AvgIpc) is 1.62. The third-order valence-electron chi connectivity index (χ3n) is 2.03. The molecule has 1 aliphatic rings. The van der Waals surface area contributed by atoms with E-state index in [0.717, 1.165) is 12.0 Å². The summed E-state index contributed by atoms with van der Waals surface area (Å²) >= 11 is 2.24. The second-order valence-electron chi connectivity index (χ2n) is 2.59. The van der Waals surface area contributed by atoms with E-state index in [2.05, 4.69) is 33.3 Å². The summed E-state index contributed by atoms with van der Waals surface area (Å²) in [5.74, 6) is 0.979. The first-order valence-electron chi connectivity index (χ1n) is 3.20. The largest absolute Gasteiger partial charge is 0.258 e. The first kappa shape index (κ1) is 6.81. The van der Waals surface area contributed by atoms with Crippen LogP contribution in [-0.2, 0) is 0 Å². The summed E-state index contributed by atoms with van der Waals surface area (Å²) in [6, 6.07) is 0.740. The highest BCUT2D eigenvalue weighted by Gasteiger charge is 2.22. The van der Waals surface area contributed by atoms with Gasteiger partial charge in [0.15, 0.2) is 0 Å². The molecule has 0 bridgehead atoms. The Balaban J connectivity index is 2.13. The molecule has 1 fully saturated rings. The molecule has 0 heterocycles. The van der Waals surface area contributed by atoms with Gasteiger partial charge < -0.3 is 0 Å². The zero-order valence-corrected chi connectivity index (χ0v) is 7.31. The van der Waals surface area contributed by atoms with Crippen molar-refractivity contribution in [2.75, 3.05) is 0 Å². The lowest BCUT2D eigenvalue weighted by atomic mass is 9.81. The summed E-state index contributed by atoms with van der Waals surface area (Å²) in [6.45, 7) is 2.26. The van der Waals surface area contributed by atoms with E-state index in [1.807, 2.05) is 0 Å². The molecule has 1 N–H and O–H groups in total. The molecule has 1 rings (SSSR count). The van der Waals surface area contributed by atoms with E-state index in [0.29, 0.717) is 0 Å². The molecule has 0 spiro atoms. The van der Waals surface area contributed by atoms with Gasteiger partial charge in [-0.15, -0.1) is 0 Å². The van der Waals surface area contributed by atoms with Crippen LogP contribution in [-0.4, -0.2) is 6.04 Å². The molecule has 8 heavy (non-hydrogen) atoms. The van der Waals surface area contributed by atoms with Gasteiger partial charge in [-0.3, -0.25) is 3.53 Å². The van der Waals surface area contributed by atoms with Gasteiger partial charge in [0.1, 0.15) is 0 Å². The minimum Gasteiger partial charge on any atom is -0.258 e. The molecule has 0 radical (unpaired) electrons. The predicted octanol–water partition coefficient (Wildman–Crippen LogP) is 2.11. The van der Waals surface area contributed by atoms with E-state index in [4.69, 9.17) is 0 Å². The smallest absolute Gasteiger partial charge is 0.0172 e. The molecule has 1 atom stereocenters. The molecule has 1 unspecified atom stereocenters. The minimum atomic E-state index is 0.740. The van der Waals surface area contributed by atoms with Crippen molar-refractivity contribution in [3.05, 3.63) is 0 Å². The maximum atomic E-state index is 3.24. The van der Waals surface area contributed by atoms with Gasteiger partial charge in [0, 0.05) is 28.9 Å². The predicted molar refractivity (Wildman–Crippen MR) is 44.0 cm³/mol. The molecule has 0 amide bonds. The van der Waals surface area contributed by atoms with Crippen LogP contribution in [0.4, 0.5) is 0 Å². The summed E-state index contributed by atoms with van der Waals surface area (Å²) < 4.78 is 3.24. The molecule has 1 nitrogen and oxygen atoms in total. The van der Waals surface area contributed by atoms with Crippen LogP contribution >= 0.6 is 22.9 Å². The highest BCUT2D eigenvalue weighted by Crippen LogP contribution is 2.29. The van der Waals surface area contributed by atoms with Crippen molar-refractivity contribution in [2.45, 2.75) is 32.2 Å². The Labute approximate surface area is 64.7 Å². The third kappa shape index (κ3) is 1.35. The first-order chi connectivity index (χ1) is 3.84. The molecular formula is C6H12IN. The van der Waals surface area contributed by atoms with Crippen LogP contribution in [0.5, 0.6) is 0 Å². The fourth-order valence-corrected chi connectivity index (χ4v) is 1.54. The molecule has 1 saturated carbocycles. The molecule has 0 aromatic heterocycles. The summed E-state index contributed by atoms with van der Waals surface area (Å²) in [4.78, 5) is 0. The zero-order chi connectivity index (χ0) is 5.98. The van der Waals surface area contributed by atoms with Crippen molar-refractivity contribution in [2.24, 2.45) is 5.92 Å². The van der Waals surface area contributed by atoms with Crippen LogP contribution in [0.2, 0.25) is 0 Å². The maximum absolute atomic E-state index is 3.24. The number of hydrogen-bond donors (Lipinski definition) is 1. The van der Waals surface area contributed by atoms with E-state index >= 15 is 0 Å². The van der Waals surface area contributed by atoms with Gasteiger partial charge in [0.25, 0.3) is 0 Å². The van der Waals surface area contributed by atoms with Gasteiger partial charge in [0.05, 0.1) is 0 Å². The van der Waals surface area contributed by atoms with Crippen LogP contribution in [0, 0.1) is 5.92 Å². The van der Waals surface area contributed by atoms with Crippen molar-refractivity contribution in [3.8, 4) is 0 Å².